The third kappa shape index (κ3) is 2.98. The summed E-state index contributed by atoms with van der Waals surface area (Å²) in [6.07, 6.45) is -4.34. The molecule has 0 fully saturated rings. The van der Waals surface area contributed by atoms with Gasteiger partial charge in [0.1, 0.15) is 0 Å². The number of pyridine rings is 1. The maximum absolute atomic E-state index is 12.7. The molecule has 5 nitrogen and oxygen atoms in total. The van der Waals surface area contributed by atoms with Gasteiger partial charge in [0.15, 0.2) is 0 Å². The van der Waals surface area contributed by atoms with Crippen LogP contribution in [0.3, 0.4) is 0 Å². The summed E-state index contributed by atoms with van der Waals surface area (Å²) in [5, 5.41) is 9.92. The number of amides is 1. The van der Waals surface area contributed by atoms with Crippen molar-refractivity contribution in [3.8, 4) is 0 Å². The average Bonchev–Trinajstić information content (AvgIpc) is 2.27. The molecule has 1 unspecified atom stereocenters. The standard InChI is InChI=1S/C10H8F4N2O3/c1-9(8(18)19,10(12,13)14)16-7(17)5-2-3-15-6(11)4-5/h2-4H,1H3,(H,16,17)(H,18,19). The Balaban J connectivity index is 3.06. The Bertz CT molecular complexity index is 518. The minimum Gasteiger partial charge on any atom is -0.479 e. The van der Waals surface area contributed by atoms with Crippen LogP contribution in [-0.4, -0.2) is 33.7 Å². The zero-order valence-electron chi connectivity index (χ0n) is 9.45. The van der Waals surface area contributed by atoms with Crippen molar-refractivity contribution in [2.24, 2.45) is 0 Å². The van der Waals surface area contributed by atoms with E-state index < -0.39 is 35.1 Å². The molecule has 1 heterocycles. The lowest BCUT2D eigenvalue weighted by Crippen LogP contribution is -2.61. The third-order valence-corrected chi connectivity index (χ3v) is 2.35. The monoisotopic (exact) mass is 280 g/mol. The fourth-order valence-corrected chi connectivity index (χ4v) is 1.09. The molecular formula is C10H8F4N2O3. The second-order valence-electron chi connectivity index (χ2n) is 3.75. The number of aromatic nitrogens is 1. The summed E-state index contributed by atoms with van der Waals surface area (Å²) in [5.41, 5.74) is -3.94. The quantitative estimate of drug-likeness (QED) is 0.647. The smallest absolute Gasteiger partial charge is 0.422 e. The van der Waals surface area contributed by atoms with Gasteiger partial charge < -0.3 is 10.4 Å². The van der Waals surface area contributed by atoms with Crippen molar-refractivity contribution in [2.75, 3.05) is 0 Å². The van der Waals surface area contributed by atoms with Crippen molar-refractivity contribution in [2.45, 2.75) is 18.6 Å². The van der Waals surface area contributed by atoms with E-state index in [1.807, 2.05) is 0 Å². The predicted molar refractivity (Wildman–Crippen MR) is 53.8 cm³/mol. The average molecular weight is 280 g/mol. The molecule has 0 radical (unpaired) electrons. The minimum atomic E-state index is -5.21. The second-order valence-corrected chi connectivity index (χ2v) is 3.75. The molecule has 0 spiro atoms. The molecular weight excluding hydrogens is 272 g/mol. The Morgan fingerprint density at radius 3 is 2.37 bits per heavy atom. The van der Waals surface area contributed by atoms with Gasteiger partial charge in [-0.05, 0) is 13.0 Å². The van der Waals surface area contributed by atoms with Gasteiger partial charge in [0.2, 0.25) is 11.5 Å². The van der Waals surface area contributed by atoms with Crippen LogP contribution in [-0.2, 0) is 4.79 Å². The van der Waals surface area contributed by atoms with E-state index in [0.29, 0.717) is 13.0 Å². The fourth-order valence-electron chi connectivity index (χ4n) is 1.09. The fraction of sp³-hybridized carbons (Fsp3) is 0.300. The Morgan fingerprint density at radius 1 is 1.37 bits per heavy atom. The van der Waals surface area contributed by atoms with Gasteiger partial charge in [-0.2, -0.15) is 17.6 Å². The Morgan fingerprint density at radius 2 is 1.95 bits per heavy atom. The molecule has 1 rings (SSSR count). The maximum atomic E-state index is 12.7. The molecule has 0 saturated carbocycles. The van der Waals surface area contributed by atoms with Crippen LogP contribution in [0.1, 0.15) is 17.3 Å². The Kier molecular flexibility index (Phi) is 3.78. The predicted octanol–water partition coefficient (Wildman–Crippen LogP) is 1.36. The van der Waals surface area contributed by atoms with Crippen LogP contribution in [0.5, 0.6) is 0 Å². The number of aliphatic carboxylic acids is 1. The van der Waals surface area contributed by atoms with Gasteiger partial charge in [-0.15, -0.1) is 0 Å². The van der Waals surface area contributed by atoms with Gasteiger partial charge in [0.05, 0.1) is 0 Å². The van der Waals surface area contributed by atoms with E-state index in [2.05, 4.69) is 4.98 Å². The lowest BCUT2D eigenvalue weighted by Gasteiger charge is -2.28. The highest BCUT2D eigenvalue weighted by molar-refractivity contribution is 5.97. The van der Waals surface area contributed by atoms with E-state index in [1.54, 1.807) is 0 Å². The molecule has 0 aliphatic rings. The molecule has 0 aromatic carbocycles. The summed E-state index contributed by atoms with van der Waals surface area (Å²) in [7, 11) is 0. The first-order valence-electron chi connectivity index (χ1n) is 4.82. The third-order valence-electron chi connectivity index (χ3n) is 2.35. The van der Waals surface area contributed by atoms with Crippen molar-refractivity contribution in [3.63, 3.8) is 0 Å². The second kappa shape index (κ2) is 4.82. The van der Waals surface area contributed by atoms with E-state index in [-0.39, 0.29) is 0 Å². The lowest BCUT2D eigenvalue weighted by molar-refractivity contribution is -0.203. The van der Waals surface area contributed by atoms with E-state index >= 15 is 0 Å². The molecule has 0 aliphatic heterocycles. The van der Waals surface area contributed by atoms with Crippen LogP contribution >= 0.6 is 0 Å². The van der Waals surface area contributed by atoms with E-state index in [1.165, 1.54) is 5.32 Å². The van der Waals surface area contributed by atoms with Gasteiger partial charge in [-0.1, -0.05) is 0 Å². The molecule has 19 heavy (non-hydrogen) atoms. The molecule has 9 heteroatoms. The zero-order valence-corrected chi connectivity index (χ0v) is 9.45. The molecule has 104 valence electrons. The number of carboxylic acids is 1. The molecule has 0 saturated heterocycles. The number of carbonyl (C=O) groups excluding carboxylic acids is 1. The molecule has 0 aliphatic carbocycles. The normalized spacial score (nSPS) is 14.6. The first kappa shape index (κ1) is 14.9. The van der Waals surface area contributed by atoms with E-state index in [0.717, 1.165) is 12.3 Å². The van der Waals surface area contributed by atoms with Gasteiger partial charge in [0.25, 0.3) is 5.91 Å². The summed E-state index contributed by atoms with van der Waals surface area (Å²) in [4.78, 5) is 25.3. The Labute approximate surface area is 104 Å². The largest absolute Gasteiger partial charge is 0.479 e. The van der Waals surface area contributed by atoms with Crippen molar-refractivity contribution in [1.82, 2.24) is 10.3 Å². The highest BCUT2D eigenvalue weighted by atomic mass is 19.4. The highest BCUT2D eigenvalue weighted by Crippen LogP contribution is 2.30. The molecule has 1 amide bonds. The molecule has 1 aromatic heterocycles. The van der Waals surface area contributed by atoms with Gasteiger partial charge in [-0.25, -0.2) is 9.78 Å². The summed E-state index contributed by atoms with van der Waals surface area (Å²) in [5.74, 6) is -4.72. The van der Waals surface area contributed by atoms with Crippen LogP contribution in [0.4, 0.5) is 17.6 Å². The van der Waals surface area contributed by atoms with Crippen LogP contribution < -0.4 is 5.32 Å². The molecule has 1 atom stereocenters. The summed E-state index contributed by atoms with van der Waals surface area (Å²) in [6, 6.07) is 1.55. The Hall–Kier alpha value is -2.19. The number of carbonyl (C=O) groups is 2. The van der Waals surface area contributed by atoms with Crippen LogP contribution in [0.2, 0.25) is 0 Å². The van der Waals surface area contributed by atoms with Crippen molar-refractivity contribution < 1.29 is 32.3 Å². The molecule has 2 N–H and O–H groups in total. The van der Waals surface area contributed by atoms with Crippen molar-refractivity contribution in [3.05, 3.63) is 29.8 Å². The molecule has 1 aromatic rings. The zero-order chi connectivity index (χ0) is 14.8. The van der Waals surface area contributed by atoms with Crippen LogP contribution in [0.25, 0.3) is 0 Å². The number of hydrogen-bond donors (Lipinski definition) is 2. The summed E-state index contributed by atoms with van der Waals surface area (Å²) in [6.45, 7) is 0.296. The summed E-state index contributed by atoms with van der Waals surface area (Å²) >= 11 is 0. The van der Waals surface area contributed by atoms with Crippen molar-refractivity contribution in [1.29, 1.82) is 0 Å². The number of hydrogen-bond acceptors (Lipinski definition) is 3. The van der Waals surface area contributed by atoms with Crippen LogP contribution in [0.15, 0.2) is 18.3 Å². The number of nitrogens with zero attached hydrogens (tertiary/aromatic N) is 1. The van der Waals surface area contributed by atoms with Crippen molar-refractivity contribution >= 4 is 11.9 Å². The van der Waals surface area contributed by atoms with Gasteiger partial charge >= 0.3 is 12.1 Å². The number of rotatable bonds is 3. The van der Waals surface area contributed by atoms with E-state index in [9.17, 15) is 27.2 Å². The number of halogens is 4. The SMILES string of the molecule is CC(NC(=O)c1ccnc(F)c1)(C(=O)O)C(F)(F)F. The first-order valence-corrected chi connectivity index (χ1v) is 4.82. The van der Waals surface area contributed by atoms with Crippen LogP contribution in [0, 0.1) is 5.95 Å². The minimum absolute atomic E-state index is 0.296. The number of nitrogens with one attached hydrogen (secondary N) is 1. The number of alkyl halides is 3. The number of carboxylic acid groups (broad SMARTS) is 1. The summed E-state index contributed by atoms with van der Waals surface area (Å²) < 4.78 is 50.6. The first-order chi connectivity index (χ1) is 8.58. The molecule has 0 bridgehead atoms. The topological polar surface area (TPSA) is 79.3 Å². The maximum Gasteiger partial charge on any atom is 0.422 e. The van der Waals surface area contributed by atoms with Gasteiger partial charge in [0, 0.05) is 17.8 Å². The van der Waals surface area contributed by atoms with Gasteiger partial charge in [-0.3, -0.25) is 4.79 Å². The lowest BCUT2D eigenvalue weighted by atomic mass is 10.0. The highest BCUT2D eigenvalue weighted by Gasteiger charge is 2.58. The van der Waals surface area contributed by atoms with E-state index in [4.69, 9.17) is 5.11 Å².